The first-order chi connectivity index (χ1) is 13.5. The molecular formula is C22H25NO4S. The zero-order valence-corrected chi connectivity index (χ0v) is 17.0. The van der Waals surface area contributed by atoms with Crippen molar-refractivity contribution in [2.45, 2.75) is 32.2 Å². The molecule has 0 aromatic heterocycles. The number of nitrogens with zero attached hydrogens (tertiary/aromatic N) is 1. The molecule has 2 atom stereocenters. The summed E-state index contributed by atoms with van der Waals surface area (Å²) in [5.41, 5.74) is 1.05. The van der Waals surface area contributed by atoms with Crippen LogP contribution in [0.1, 0.15) is 25.3 Å². The van der Waals surface area contributed by atoms with Gasteiger partial charge in [-0.2, -0.15) is 0 Å². The van der Waals surface area contributed by atoms with Crippen LogP contribution in [-0.4, -0.2) is 47.3 Å². The van der Waals surface area contributed by atoms with Crippen molar-refractivity contribution in [1.29, 1.82) is 0 Å². The number of benzene rings is 2. The van der Waals surface area contributed by atoms with Crippen molar-refractivity contribution in [3.8, 4) is 0 Å². The van der Waals surface area contributed by atoms with Crippen molar-refractivity contribution in [1.82, 2.24) is 4.90 Å². The lowest BCUT2D eigenvalue weighted by Gasteiger charge is -2.27. The quantitative estimate of drug-likeness (QED) is 0.696. The lowest BCUT2D eigenvalue weighted by molar-refractivity contribution is -0.152. The summed E-state index contributed by atoms with van der Waals surface area (Å²) in [6.07, 6.45) is 1.95. The molecule has 1 fully saturated rings. The number of hydrogen-bond acceptors (Lipinski definition) is 5. The van der Waals surface area contributed by atoms with Gasteiger partial charge in [-0.15, -0.1) is 0 Å². The van der Waals surface area contributed by atoms with E-state index in [0.29, 0.717) is 25.1 Å². The fraction of sp³-hybridized carbons (Fsp3) is 0.409. The minimum atomic E-state index is -0.515. The van der Waals surface area contributed by atoms with E-state index in [1.807, 2.05) is 24.3 Å². The first-order valence-electron chi connectivity index (χ1n) is 9.49. The normalized spacial score (nSPS) is 17.5. The van der Waals surface area contributed by atoms with Crippen molar-refractivity contribution < 1.29 is 19.1 Å². The number of rotatable bonds is 6. The van der Waals surface area contributed by atoms with E-state index < -0.39 is 6.04 Å². The standard InChI is InChI=1S/C22H25NO4S/c1-15(24)28-14-19(21(25)23-11-5-8-20(23)22(26)27-2)13-16-9-10-17-6-3-4-7-18(17)12-16/h3-4,6-7,9-10,12,19-20H,5,8,11,13-14H2,1-2H3/t19?,20-/m0/s1. The number of carbonyl (C=O) groups excluding carboxylic acids is 3. The van der Waals surface area contributed by atoms with Gasteiger partial charge in [0.15, 0.2) is 5.12 Å². The van der Waals surface area contributed by atoms with Crippen LogP contribution in [-0.2, 0) is 25.5 Å². The number of ether oxygens (including phenoxy) is 1. The lowest BCUT2D eigenvalue weighted by Crippen LogP contribution is -2.45. The highest BCUT2D eigenvalue weighted by atomic mass is 32.2. The van der Waals surface area contributed by atoms with E-state index in [1.165, 1.54) is 14.0 Å². The monoisotopic (exact) mass is 399 g/mol. The Morgan fingerprint density at radius 1 is 1.18 bits per heavy atom. The molecule has 1 heterocycles. The van der Waals surface area contributed by atoms with E-state index in [2.05, 4.69) is 18.2 Å². The van der Waals surface area contributed by atoms with Crippen molar-refractivity contribution in [2.24, 2.45) is 5.92 Å². The summed E-state index contributed by atoms with van der Waals surface area (Å²) in [5, 5.41) is 2.26. The van der Waals surface area contributed by atoms with Gasteiger partial charge in [-0.05, 0) is 35.6 Å². The van der Waals surface area contributed by atoms with Gasteiger partial charge in [0, 0.05) is 19.2 Å². The van der Waals surface area contributed by atoms with E-state index in [-0.39, 0.29) is 22.9 Å². The smallest absolute Gasteiger partial charge is 0.328 e. The molecule has 1 aliphatic heterocycles. The predicted molar refractivity (Wildman–Crippen MR) is 111 cm³/mol. The van der Waals surface area contributed by atoms with E-state index in [1.54, 1.807) is 4.90 Å². The summed E-state index contributed by atoms with van der Waals surface area (Å²) in [6.45, 7) is 2.06. The molecular weight excluding hydrogens is 374 g/mol. The maximum Gasteiger partial charge on any atom is 0.328 e. The van der Waals surface area contributed by atoms with Gasteiger partial charge in [0.2, 0.25) is 5.91 Å². The van der Waals surface area contributed by atoms with E-state index in [0.717, 1.165) is 34.5 Å². The Morgan fingerprint density at radius 2 is 1.93 bits per heavy atom. The average molecular weight is 400 g/mol. The van der Waals surface area contributed by atoms with Crippen LogP contribution in [0.2, 0.25) is 0 Å². The maximum absolute atomic E-state index is 13.3. The Labute approximate surface area is 169 Å². The molecule has 1 amide bonds. The summed E-state index contributed by atoms with van der Waals surface area (Å²) < 4.78 is 4.87. The average Bonchev–Trinajstić information content (AvgIpc) is 3.19. The third-order valence-electron chi connectivity index (χ3n) is 5.14. The number of likely N-dealkylation sites (tertiary alicyclic amines) is 1. The number of fused-ring (bicyclic) bond motifs is 1. The molecule has 0 N–H and O–H groups in total. The molecule has 2 aromatic rings. The van der Waals surface area contributed by atoms with Crippen LogP contribution in [0.4, 0.5) is 0 Å². The molecule has 5 nitrogen and oxygen atoms in total. The topological polar surface area (TPSA) is 63.7 Å². The summed E-state index contributed by atoms with van der Waals surface area (Å²) in [6, 6.07) is 13.8. The Kier molecular flexibility index (Phi) is 6.73. The number of carbonyl (C=O) groups is 3. The molecule has 1 saturated heterocycles. The molecule has 28 heavy (non-hydrogen) atoms. The first kappa shape index (κ1) is 20.4. The Bertz CT molecular complexity index is 882. The van der Waals surface area contributed by atoms with Crippen molar-refractivity contribution in [3.63, 3.8) is 0 Å². The highest BCUT2D eigenvalue weighted by Crippen LogP contribution is 2.26. The van der Waals surface area contributed by atoms with Gasteiger partial charge in [-0.25, -0.2) is 4.79 Å². The van der Waals surface area contributed by atoms with Gasteiger partial charge in [-0.3, -0.25) is 9.59 Å². The maximum atomic E-state index is 13.3. The molecule has 2 aromatic carbocycles. The summed E-state index contributed by atoms with van der Waals surface area (Å²) >= 11 is 1.16. The van der Waals surface area contributed by atoms with Gasteiger partial charge in [0.25, 0.3) is 0 Å². The van der Waals surface area contributed by atoms with Crippen molar-refractivity contribution in [3.05, 3.63) is 48.0 Å². The van der Waals surface area contributed by atoms with Gasteiger partial charge in [0.1, 0.15) is 6.04 Å². The van der Waals surface area contributed by atoms with Crippen LogP contribution >= 0.6 is 11.8 Å². The molecule has 0 saturated carbocycles. The molecule has 1 unspecified atom stereocenters. The van der Waals surface area contributed by atoms with Gasteiger partial charge >= 0.3 is 5.97 Å². The third-order valence-corrected chi connectivity index (χ3v) is 6.12. The second-order valence-electron chi connectivity index (χ2n) is 7.10. The number of amides is 1. The van der Waals surface area contributed by atoms with Crippen LogP contribution < -0.4 is 0 Å². The SMILES string of the molecule is COC(=O)[C@@H]1CCCN1C(=O)C(CSC(C)=O)Cc1ccc2ccccc2c1. The van der Waals surface area contributed by atoms with Crippen molar-refractivity contribution in [2.75, 3.05) is 19.4 Å². The van der Waals surface area contributed by atoms with Crippen LogP contribution in [0.15, 0.2) is 42.5 Å². The summed E-state index contributed by atoms with van der Waals surface area (Å²) in [5.74, 6) is -0.393. The Hall–Kier alpha value is -2.34. The molecule has 6 heteroatoms. The minimum Gasteiger partial charge on any atom is -0.467 e. The Balaban J connectivity index is 1.81. The minimum absolute atomic E-state index is 0.0118. The van der Waals surface area contributed by atoms with Gasteiger partial charge in [-0.1, -0.05) is 54.2 Å². The van der Waals surface area contributed by atoms with Crippen LogP contribution in [0.25, 0.3) is 10.8 Å². The number of esters is 1. The molecule has 0 aliphatic carbocycles. The number of hydrogen-bond donors (Lipinski definition) is 0. The zero-order chi connectivity index (χ0) is 20.1. The van der Waals surface area contributed by atoms with Crippen LogP contribution in [0, 0.1) is 5.92 Å². The summed E-state index contributed by atoms with van der Waals surface area (Å²) in [7, 11) is 1.35. The first-order valence-corrected chi connectivity index (χ1v) is 10.5. The van der Waals surface area contributed by atoms with E-state index in [4.69, 9.17) is 4.74 Å². The van der Waals surface area contributed by atoms with E-state index >= 15 is 0 Å². The highest BCUT2D eigenvalue weighted by Gasteiger charge is 2.37. The molecule has 148 valence electrons. The van der Waals surface area contributed by atoms with E-state index in [9.17, 15) is 14.4 Å². The second kappa shape index (κ2) is 9.24. The fourth-order valence-electron chi connectivity index (χ4n) is 3.73. The fourth-order valence-corrected chi connectivity index (χ4v) is 4.43. The molecule has 1 aliphatic rings. The third kappa shape index (κ3) is 4.73. The summed E-state index contributed by atoms with van der Waals surface area (Å²) in [4.78, 5) is 38.4. The van der Waals surface area contributed by atoms with Gasteiger partial charge in [0.05, 0.1) is 13.0 Å². The Morgan fingerprint density at radius 3 is 2.64 bits per heavy atom. The van der Waals surface area contributed by atoms with Crippen molar-refractivity contribution >= 4 is 39.5 Å². The van der Waals surface area contributed by atoms with Crippen LogP contribution in [0.5, 0.6) is 0 Å². The predicted octanol–water partition coefficient (Wildman–Crippen LogP) is 3.44. The number of methoxy groups -OCH3 is 1. The highest BCUT2D eigenvalue weighted by molar-refractivity contribution is 8.13. The second-order valence-corrected chi connectivity index (χ2v) is 8.29. The van der Waals surface area contributed by atoms with Gasteiger partial charge < -0.3 is 9.64 Å². The van der Waals surface area contributed by atoms with Crippen LogP contribution in [0.3, 0.4) is 0 Å². The lowest BCUT2D eigenvalue weighted by atomic mass is 9.97. The molecule has 0 radical (unpaired) electrons. The largest absolute Gasteiger partial charge is 0.467 e. The molecule has 0 bridgehead atoms. The molecule has 0 spiro atoms. The molecule has 3 rings (SSSR count). The number of thioether (sulfide) groups is 1. The zero-order valence-electron chi connectivity index (χ0n) is 16.2.